The van der Waals surface area contributed by atoms with E-state index < -0.39 is 0 Å². The summed E-state index contributed by atoms with van der Waals surface area (Å²) in [6, 6.07) is 7.07. The molecule has 80 valence electrons. The van der Waals surface area contributed by atoms with Gasteiger partial charge in [-0.2, -0.15) is 10.2 Å². The average molecular weight is 213 g/mol. The highest BCUT2D eigenvalue weighted by molar-refractivity contribution is 5.44. The van der Waals surface area contributed by atoms with Gasteiger partial charge in [-0.25, -0.2) is 0 Å². The number of para-hydroxylation sites is 2. The summed E-state index contributed by atoms with van der Waals surface area (Å²) in [5, 5.41) is 18.5. The van der Waals surface area contributed by atoms with Crippen LogP contribution in [0.4, 0.5) is 0 Å². The first-order chi connectivity index (χ1) is 7.84. The van der Waals surface area contributed by atoms with E-state index in [4.69, 9.17) is 0 Å². The predicted octanol–water partition coefficient (Wildman–Crippen LogP) is 1.63. The molecule has 0 aliphatic heterocycles. The van der Waals surface area contributed by atoms with Gasteiger partial charge < -0.3 is 5.11 Å². The molecule has 2 aromatic rings. The number of benzene rings is 1. The van der Waals surface area contributed by atoms with E-state index in [2.05, 4.69) is 22.3 Å². The number of phenols is 1. The molecular weight excluding hydrogens is 202 g/mol. The van der Waals surface area contributed by atoms with Crippen molar-refractivity contribution in [3.8, 4) is 11.4 Å². The van der Waals surface area contributed by atoms with Crippen LogP contribution in [-0.4, -0.2) is 20.1 Å². The van der Waals surface area contributed by atoms with Crippen LogP contribution in [-0.2, 0) is 12.8 Å². The molecule has 0 saturated carbocycles. The van der Waals surface area contributed by atoms with E-state index in [1.807, 2.05) is 6.07 Å². The molecule has 0 bridgehead atoms. The molecule has 0 atom stereocenters. The van der Waals surface area contributed by atoms with Crippen LogP contribution >= 0.6 is 0 Å². The van der Waals surface area contributed by atoms with E-state index >= 15 is 0 Å². The quantitative estimate of drug-likeness (QED) is 0.732. The molecule has 0 radical (unpaired) electrons. The van der Waals surface area contributed by atoms with Gasteiger partial charge in [-0.1, -0.05) is 24.3 Å². The minimum Gasteiger partial charge on any atom is -0.506 e. The van der Waals surface area contributed by atoms with Crippen LogP contribution in [0.25, 0.3) is 5.69 Å². The molecule has 1 aromatic heterocycles. The zero-order valence-corrected chi connectivity index (χ0v) is 8.67. The summed E-state index contributed by atoms with van der Waals surface area (Å²) in [4.78, 5) is 1.51. The number of allylic oxidation sites excluding steroid dienone is 2. The van der Waals surface area contributed by atoms with Crippen LogP contribution in [0.2, 0.25) is 0 Å². The minimum absolute atomic E-state index is 0.197. The van der Waals surface area contributed by atoms with Crippen molar-refractivity contribution in [2.24, 2.45) is 0 Å². The molecule has 1 aliphatic carbocycles. The van der Waals surface area contributed by atoms with E-state index in [1.54, 1.807) is 18.2 Å². The molecule has 0 unspecified atom stereocenters. The number of aromatic hydroxyl groups is 1. The van der Waals surface area contributed by atoms with Gasteiger partial charge in [0.05, 0.1) is 11.4 Å². The van der Waals surface area contributed by atoms with Gasteiger partial charge in [0.1, 0.15) is 11.4 Å². The first-order valence-electron chi connectivity index (χ1n) is 5.23. The van der Waals surface area contributed by atoms with Gasteiger partial charge in [0, 0.05) is 12.8 Å². The highest BCUT2D eigenvalue weighted by atomic mass is 16.3. The molecule has 0 saturated heterocycles. The van der Waals surface area contributed by atoms with Crippen molar-refractivity contribution in [2.45, 2.75) is 12.8 Å². The lowest BCUT2D eigenvalue weighted by atomic mass is 10.1. The molecular formula is C12H11N3O. The molecule has 0 amide bonds. The number of rotatable bonds is 1. The fourth-order valence-electron chi connectivity index (χ4n) is 1.81. The molecule has 0 spiro atoms. The third kappa shape index (κ3) is 1.39. The summed E-state index contributed by atoms with van der Waals surface area (Å²) >= 11 is 0. The Balaban J connectivity index is 2.08. The minimum atomic E-state index is 0.197. The highest BCUT2D eigenvalue weighted by Crippen LogP contribution is 2.21. The number of nitrogens with zero attached hydrogens (tertiary/aromatic N) is 3. The second-order valence-corrected chi connectivity index (χ2v) is 3.75. The Bertz CT molecular complexity index is 532. The van der Waals surface area contributed by atoms with E-state index in [-0.39, 0.29) is 5.75 Å². The van der Waals surface area contributed by atoms with Crippen molar-refractivity contribution in [2.75, 3.05) is 0 Å². The fraction of sp³-hybridized carbons (Fsp3) is 0.167. The molecule has 1 aromatic carbocycles. The highest BCUT2D eigenvalue weighted by Gasteiger charge is 2.13. The maximum Gasteiger partial charge on any atom is 0.143 e. The zero-order valence-electron chi connectivity index (χ0n) is 8.67. The molecule has 16 heavy (non-hydrogen) atoms. The van der Waals surface area contributed by atoms with Crippen LogP contribution in [0.1, 0.15) is 11.4 Å². The summed E-state index contributed by atoms with van der Waals surface area (Å²) in [6.07, 6.45) is 5.82. The summed E-state index contributed by atoms with van der Waals surface area (Å²) in [5.74, 6) is 0.197. The van der Waals surface area contributed by atoms with Crippen LogP contribution in [0, 0.1) is 0 Å². The lowest BCUT2D eigenvalue weighted by Gasteiger charge is -2.01. The summed E-state index contributed by atoms with van der Waals surface area (Å²) in [7, 11) is 0. The van der Waals surface area contributed by atoms with E-state index in [1.165, 1.54) is 4.80 Å². The Hall–Kier alpha value is -2.10. The molecule has 4 nitrogen and oxygen atoms in total. The van der Waals surface area contributed by atoms with Gasteiger partial charge in [-0.05, 0) is 12.1 Å². The number of fused-ring (bicyclic) bond motifs is 1. The van der Waals surface area contributed by atoms with Crippen LogP contribution in [0.5, 0.6) is 5.75 Å². The second-order valence-electron chi connectivity index (χ2n) is 3.75. The third-order valence-corrected chi connectivity index (χ3v) is 2.65. The van der Waals surface area contributed by atoms with E-state index in [9.17, 15) is 5.11 Å². The fourth-order valence-corrected chi connectivity index (χ4v) is 1.81. The van der Waals surface area contributed by atoms with Gasteiger partial charge in [0.15, 0.2) is 0 Å². The Kier molecular flexibility index (Phi) is 1.99. The smallest absolute Gasteiger partial charge is 0.143 e. The summed E-state index contributed by atoms with van der Waals surface area (Å²) in [6.45, 7) is 0. The number of hydrogen-bond donors (Lipinski definition) is 1. The lowest BCUT2D eigenvalue weighted by Crippen LogP contribution is -1.99. The molecule has 1 heterocycles. The van der Waals surface area contributed by atoms with Gasteiger partial charge >= 0.3 is 0 Å². The Morgan fingerprint density at radius 3 is 2.25 bits per heavy atom. The van der Waals surface area contributed by atoms with Crippen molar-refractivity contribution in [1.29, 1.82) is 0 Å². The largest absolute Gasteiger partial charge is 0.506 e. The average Bonchev–Trinajstić information content (AvgIpc) is 2.73. The maximum atomic E-state index is 9.71. The Morgan fingerprint density at radius 2 is 1.62 bits per heavy atom. The monoisotopic (exact) mass is 213 g/mol. The molecule has 1 N–H and O–H groups in total. The van der Waals surface area contributed by atoms with E-state index in [0.717, 1.165) is 24.2 Å². The molecule has 0 fully saturated rings. The lowest BCUT2D eigenvalue weighted by molar-refractivity contribution is 0.467. The second kappa shape index (κ2) is 3.48. The maximum absolute atomic E-state index is 9.71. The topological polar surface area (TPSA) is 50.9 Å². The standard InChI is InChI=1S/C12H11N3O/c16-12-8-4-3-7-11(12)15-13-9-5-1-2-6-10(9)14-15/h1-4,7-8,16H,5-6H2. The first-order valence-corrected chi connectivity index (χ1v) is 5.23. The normalized spacial score (nSPS) is 13.8. The Morgan fingerprint density at radius 1 is 1.00 bits per heavy atom. The molecule has 4 heteroatoms. The van der Waals surface area contributed by atoms with Crippen molar-refractivity contribution >= 4 is 0 Å². The van der Waals surface area contributed by atoms with Gasteiger partial charge in [-0.15, -0.1) is 4.80 Å². The van der Waals surface area contributed by atoms with Gasteiger partial charge in [0.25, 0.3) is 0 Å². The van der Waals surface area contributed by atoms with Gasteiger partial charge in [-0.3, -0.25) is 0 Å². The van der Waals surface area contributed by atoms with Gasteiger partial charge in [0.2, 0.25) is 0 Å². The third-order valence-electron chi connectivity index (χ3n) is 2.65. The first kappa shape index (κ1) is 9.15. The van der Waals surface area contributed by atoms with Crippen molar-refractivity contribution < 1.29 is 5.11 Å². The number of aromatic nitrogens is 3. The van der Waals surface area contributed by atoms with Crippen LogP contribution in [0.3, 0.4) is 0 Å². The van der Waals surface area contributed by atoms with Crippen molar-refractivity contribution in [3.63, 3.8) is 0 Å². The summed E-state index contributed by atoms with van der Waals surface area (Å²) in [5.41, 5.74) is 2.61. The summed E-state index contributed by atoms with van der Waals surface area (Å²) < 4.78 is 0. The Labute approximate surface area is 92.8 Å². The molecule has 1 aliphatic rings. The number of hydrogen-bond acceptors (Lipinski definition) is 3. The van der Waals surface area contributed by atoms with Crippen LogP contribution < -0.4 is 0 Å². The van der Waals surface area contributed by atoms with Crippen molar-refractivity contribution in [1.82, 2.24) is 15.0 Å². The number of phenolic OH excluding ortho intramolecular Hbond substituents is 1. The van der Waals surface area contributed by atoms with Crippen molar-refractivity contribution in [3.05, 3.63) is 47.8 Å². The van der Waals surface area contributed by atoms with E-state index in [0.29, 0.717) is 5.69 Å². The zero-order chi connectivity index (χ0) is 11.0. The SMILES string of the molecule is Oc1ccccc1-n1nc2c(n1)CC=CC2. The predicted molar refractivity (Wildman–Crippen MR) is 59.6 cm³/mol. The molecule has 3 rings (SSSR count). The van der Waals surface area contributed by atoms with Crippen LogP contribution in [0.15, 0.2) is 36.4 Å².